The number of fused-ring (bicyclic) bond motifs is 1. The Kier molecular flexibility index (Phi) is 6.15. The zero-order valence-electron chi connectivity index (χ0n) is 17.1. The Morgan fingerprint density at radius 2 is 1.70 bits per heavy atom. The standard InChI is InChI=1S/C22H27N5O2S/c1-17-25-21(16-22(26-17)27-13-5-2-6-14-27)23-11-12-24-30(28,29)20-10-9-18-7-3-4-8-19(18)15-20/h3-4,7-10,15-16,24H,2,5-6,11-14H2,1H3,(H,23,25,26). The molecule has 30 heavy (non-hydrogen) atoms. The van der Waals surface area contributed by atoms with Gasteiger partial charge in [0.2, 0.25) is 10.0 Å². The number of rotatable bonds is 7. The van der Waals surface area contributed by atoms with Crippen LogP contribution in [0.1, 0.15) is 25.1 Å². The minimum absolute atomic E-state index is 0.261. The topological polar surface area (TPSA) is 87.2 Å². The van der Waals surface area contributed by atoms with Crippen molar-refractivity contribution in [3.05, 3.63) is 54.4 Å². The molecule has 4 rings (SSSR count). The molecule has 2 N–H and O–H groups in total. The fraction of sp³-hybridized carbons (Fsp3) is 0.364. The fourth-order valence-electron chi connectivity index (χ4n) is 3.72. The van der Waals surface area contributed by atoms with Crippen molar-refractivity contribution in [2.75, 3.05) is 36.4 Å². The predicted molar refractivity (Wildman–Crippen MR) is 120 cm³/mol. The van der Waals surface area contributed by atoms with E-state index in [0.29, 0.717) is 18.2 Å². The Balaban J connectivity index is 1.36. The van der Waals surface area contributed by atoms with Crippen LogP contribution in [-0.4, -0.2) is 44.6 Å². The van der Waals surface area contributed by atoms with E-state index in [1.54, 1.807) is 12.1 Å². The van der Waals surface area contributed by atoms with Crippen LogP contribution in [0, 0.1) is 6.92 Å². The predicted octanol–water partition coefficient (Wildman–Crippen LogP) is 3.32. The summed E-state index contributed by atoms with van der Waals surface area (Å²) in [5, 5.41) is 5.13. The molecule has 1 aliphatic heterocycles. The summed E-state index contributed by atoms with van der Waals surface area (Å²) in [5.74, 6) is 2.35. The summed E-state index contributed by atoms with van der Waals surface area (Å²) in [4.78, 5) is 11.5. The van der Waals surface area contributed by atoms with Gasteiger partial charge in [-0.05, 0) is 49.1 Å². The van der Waals surface area contributed by atoms with E-state index in [2.05, 4.69) is 24.9 Å². The number of hydrogen-bond acceptors (Lipinski definition) is 6. The van der Waals surface area contributed by atoms with Gasteiger partial charge in [0.15, 0.2) is 0 Å². The molecule has 0 amide bonds. The van der Waals surface area contributed by atoms with Crippen molar-refractivity contribution in [1.29, 1.82) is 0 Å². The lowest BCUT2D eigenvalue weighted by Gasteiger charge is -2.28. The first-order chi connectivity index (χ1) is 14.5. The highest BCUT2D eigenvalue weighted by atomic mass is 32.2. The van der Waals surface area contributed by atoms with Crippen molar-refractivity contribution in [3.8, 4) is 0 Å². The first kappa shape index (κ1) is 20.6. The third kappa shape index (κ3) is 4.88. The van der Waals surface area contributed by atoms with Crippen molar-refractivity contribution < 1.29 is 8.42 Å². The quantitative estimate of drug-likeness (QED) is 0.565. The largest absolute Gasteiger partial charge is 0.369 e. The number of benzene rings is 2. The van der Waals surface area contributed by atoms with E-state index < -0.39 is 10.0 Å². The van der Waals surface area contributed by atoms with E-state index in [0.717, 1.165) is 29.7 Å². The van der Waals surface area contributed by atoms with Gasteiger partial charge in [-0.1, -0.05) is 30.3 Å². The Labute approximate surface area is 177 Å². The minimum atomic E-state index is -3.57. The zero-order chi connectivity index (χ0) is 21.0. The summed E-state index contributed by atoms with van der Waals surface area (Å²) in [5.41, 5.74) is 0. The van der Waals surface area contributed by atoms with Crippen LogP contribution in [0.2, 0.25) is 0 Å². The molecule has 1 aliphatic rings. The second kappa shape index (κ2) is 8.97. The molecule has 0 spiro atoms. The first-order valence-electron chi connectivity index (χ1n) is 10.3. The molecule has 0 atom stereocenters. The summed E-state index contributed by atoms with van der Waals surface area (Å²) < 4.78 is 27.9. The Morgan fingerprint density at radius 1 is 0.933 bits per heavy atom. The molecule has 0 bridgehead atoms. The smallest absolute Gasteiger partial charge is 0.240 e. The summed E-state index contributed by atoms with van der Waals surface area (Å²) in [6.07, 6.45) is 3.63. The average Bonchev–Trinajstić information content (AvgIpc) is 2.77. The van der Waals surface area contributed by atoms with Gasteiger partial charge < -0.3 is 10.2 Å². The molecule has 3 aromatic rings. The molecule has 2 aromatic carbocycles. The lowest BCUT2D eigenvalue weighted by Crippen LogP contribution is -2.31. The summed E-state index contributed by atoms with van der Waals surface area (Å²) in [6, 6.07) is 14.8. The molecule has 0 unspecified atom stereocenters. The van der Waals surface area contributed by atoms with Crippen LogP contribution in [-0.2, 0) is 10.0 Å². The summed E-state index contributed by atoms with van der Waals surface area (Å²) in [6.45, 7) is 4.60. The molecule has 0 saturated carbocycles. The third-order valence-corrected chi connectivity index (χ3v) is 6.72. The van der Waals surface area contributed by atoms with E-state index >= 15 is 0 Å². The van der Waals surface area contributed by atoms with Crippen LogP contribution >= 0.6 is 0 Å². The second-order valence-corrected chi connectivity index (χ2v) is 9.31. The van der Waals surface area contributed by atoms with Gasteiger partial charge in [-0.25, -0.2) is 23.1 Å². The van der Waals surface area contributed by atoms with Crippen LogP contribution in [0.15, 0.2) is 53.4 Å². The number of piperidine rings is 1. The van der Waals surface area contributed by atoms with E-state index in [-0.39, 0.29) is 11.4 Å². The fourth-order valence-corrected chi connectivity index (χ4v) is 4.79. The first-order valence-corrected chi connectivity index (χ1v) is 11.8. The van der Waals surface area contributed by atoms with Crippen LogP contribution < -0.4 is 14.9 Å². The molecule has 8 heteroatoms. The molecule has 1 fully saturated rings. The number of anilines is 2. The minimum Gasteiger partial charge on any atom is -0.369 e. The Morgan fingerprint density at radius 3 is 2.50 bits per heavy atom. The maximum atomic E-state index is 12.6. The van der Waals surface area contributed by atoms with E-state index in [1.165, 1.54) is 19.3 Å². The molecule has 158 valence electrons. The highest BCUT2D eigenvalue weighted by Gasteiger charge is 2.15. The van der Waals surface area contributed by atoms with Crippen molar-refractivity contribution >= 4 is 32.4 Å². The van der Waals surface area contributed by atoms with Gasteiger partial charge in [0.1, 0.15) is 17.5 Å². The van der Waals surface area contributed by atoms with Crippen LogP contribution in [0.4, 0.5) is 11.6 Å². The molecule has 0 aliphatic carbocycles. The monoisotopic (exact) mass is 425 g/mol. The van der Waals surface area contributed by atoms with Gasteiger partial charge in [0, 0.05) is 32.2 Å². The van der Waals surface area contributed by atoms with Crippen molar-refractivity contribution in [3.63, 3.8) is 0 Å². The van der Waals surface area contributed by atoms with E-state index in [9.17, 15) is 8.42 Å². The lowest BCUT2D eigenvalue weighted by atomic mass is 10.1. The van der Waals surface area contributed by atoms with Crippen LogP contribution in [0.25, 0.3) is 10.8 Å². The van der Waals surface area contributed by atoms with Crippen molar-refractivity contribution in [1.82, 2.24) is 14.7 Å². The average molecular weight is 426 g/mol. The lowest BCUT2D eigenvalue weighted by molar-refractivity contribution is 0.572. The molecule has 1 aromatic heterocycles. The maximum absolute atomic E-state index is 12.6. The Hall–Kier alpha value is -2.71. The van der Waals surface area contributed by atoms with E-state index in [4.69, 9.17) is 0 Å². The van der Waals surface area contributed by atoms with Gasteiger partial charge in [-0.3, -0.25) is 0 Å². The second-order valence-electron chi connectivity index (χ2n) is 7.54. The third-order valence-electron chi connectivity index (χ3n) is 5.26. The molecular formula is C22H27N5O2S. The van der Waals surface area contributed by atoms with E-state index in [1.807, 2.05) is 43.3 Å². The number of sulfonamides is 1. The SMILES string of the molecule is Cc1nc(NCCNS(=O)(=O)c2ccc3ccccc3c2)cc(N2CCCCC2)n1. The molecule has 0 radical (unpaired) electrons. The summed E-state index contributed by atoms with van der Waals surface area (Å²) >= 11 is 0. The summed E-state index contributed by atoms with van der Waals surface area (Å²) in [7, 11) is -3.57. The van der Waals surface area contributed by atoms with Crippen LogP contribution in [0.3, 0.4) is 0 Å². The number of aryl methyl sites for hydroxylation is 1. The zero-order valence-corrected chi connectivity index (χ0v) is 18.0. The number of hydrogen-bond donors (Lipinski definition) is 2. The Bertz CT molecular complexity index is 1130. The van der Waals surface area contributed by atoms with Crippen molar-refractivity contribution in [2.24, 2.45) is 0 Å². The van der Waals surface area contributed by atoms with Gasteiger partial charge in [0.25, 0.3) is 0 Å². The normalized spacial score (nSPS) is 14.8. The van der Waals surface area contributed by atoms with Crippen molar-refractivity contribution in [2.45, 2.75) is 31.1 Å². The number of aromatic nitrogens is 2. The van der Waals surface area contributed by atoms with Crippen LogP contribution in [0.5, 0.6) is 0 Å². The maximum Gasteiger partial charge on any atom is 0.240 e. The number of nitrogens with zero attached hydrogens (tertiary/aromatic N) is 3. The highest BCUT2D eigenvalue weighted by Crippen LogP contribution is 2.21. The van der Waals surface area contributed by atoms with Gasteiger partial charge >= 0.3 is 0 Å². The molecule has 2 heterocycles. The van der Waals surface area contributed by atoms with Gasteiger partial charge in [-0.15, -0.1) is 0 Å². The molecule has 7 nitrogen and oxygen atoms in total. The number of nitrogens with one attached hydrogen (secondary N) is 2. The highest BCUT2D eigenvalue weighted by molar-refractivity contribution is 7.89. The van der Waals surface area contributed by atoms with Gasteiger partial charge in [-0.2, -0.15) is 0 Å². The molecular weight excluding hydrogens is 398 g/mol. The van der Waals surface area contributed by atoms with Gasteiger partial charge in [0.05, 0.1) is 4.90 Å². The molecule has 1 saturated heterocycles.